The fraction of sp³-hybridized carbons (Fsp3) is 0.250. The van der Waals surface area contributed by atoms with E-state index in [-0.39, 0.29) is 17.7 Å². The van der Waals surface area contributed by atoms with E-state index in [4.69, 9.17) is 0 Å². The lowest BCUT2D eigenvalue weighted by Gasteiger charge is -2.16. The van der Waals surface area contributed by atoms with Gasteiger partial charge in [-0.25, -0.2) is 4.68 Å². The highest BCUT2D eigenvalue weighted by atomic mass is 16.2. The van der Waals surface area contributed by atoms with Crippen LogP contribution in [-0.2, 0) is 6.54 Å². The van der Waals surface area contributed by atoms with Gasteiger partial charge in [-0.3, -0.25) is 19.3 Å². The van der Waals surface area contributed by atoms with Crippen LogP contribution in [0.5, 0.6) is 0 Å². The van der Waals surface area contributed by atoms with Gasteiger partial charge < -0.3 is 4.90 Å². The van der Waals surface area contributed by atoms with Crippen LogP contribution in [0.25, 0.3) is 5.69 Å². The smallest absolute Gasteiger partial charge is 0.261 e. The molecule has 2 aromatic carbocycles. The normalized spacial score (nSPS) is 12.9. The molecular formula is C24H24N4O3. The topological polar surface area (TPSA) is 75.5 Å². The van der Waals surface area contributed by atoms with Crippen molar-refractivity contribution in [3.63, 3.8) is 0 Å². The van der Waals surface area contributed by atoms with Gasteiger partial charge in [0.1, 0.15) is 0 Å². The molecule has 7 nitrogen and oxygen atoms in total. The maximum atomic E-state index is 13.0. The van der Waals surface area contributed by atoms with Crippen LogP contribution in [0.3, 0.4) is 0 Å². The molecule has 7 heteroatoms. The van der Waals surface area contributed by atoms with Crippen molar-refractivity contribution in [2.24, 2.45) is 0 Å². The fourth-order valence-electron chi connectivity index (χ4n) is 3.67. The van der Waals surface area contributed by atoms with Crippen LogP contribution >= 0.6 is 0 Å². The summed E-state index contributed by atoms with van der Waals surface area (Å²) in [6, 6.07) is 14.5. The number of hydrogen-bond acceptors (Lipinski definition) is 4. The van der Waals surface area contributed by atoms with Crippen LogP contribution in [0.15, 0.2) is 60.9 Å². The first-order chi connectivity index (χ1) is 15.0. The predicted molar refractivity (Wildman–Crippen MR) is 116 cm³/mol. The van der Waals surface area contributed by atoms with Crippen molar-refractivity contribution in [3.05, 3.63) is 83.2 Å². The number of benzene rings is 2. The number of aromatic nitrogens is 2. The van der Waals surface area contributed by atoms with Crippen molar-refractivity contribution in [1.82, 2.24) is 19.6 Å². The van der Waals surface area contributed by atoms with E-state index in [0.717, 1.165) is 24.1 Å². The van der Waals surface area contributed by atoms with Crippen molar-refractivity contribution in [1.29, 1.82) is 0 Å². The Kier molecular flexibility index (Phi) is 5.66. The molecule has 0 spiro atoms. The van der Waals surface area contributed by atoms with Crippen LogP contribution in [0, 0.1) is 0 Å². The molecule has 0 atom stereocenters. The second-order valence-corrected chi connectivity index (χ2v) is 7.67. The lowest BCUT2D eigenvalue weighted by atomic mass is 10.0. The summed E-state index contributed by atoms with van der Waals surface area (Å²) in [4.78, 5) is 40.9. The van der Waals surface area contributed by atoms with Crippen LogP contribution in [0.4, 0.5) is 0 Å². The third-order valence-corrected chi connectivity index (χ3v) is 5.38. The van der Waals surface area contributed by atoms with Gasteiger partial charge in [-0.05, 0) is 36.8 Å². The first-order valence-corrected chi connectivity index (χ1v) is 10.3. The van der Waals surface area contributed by atoms with Gasteiger partial charge in [0.15, 0.2) is 0 Å². The number of carbonyl (C=O) groups is 3. The second-order valence-electron chi connectivity index (χ2n) is 7.67. The molecule has 1 aliphatic rings. The monoisotopic (exact) mass is 416 g/mol. The first-order valence-electron chi connectivity index (χ1n) is 10.3. The number of fused-ring (bicyclic) bond motifs is 1. The maximum Gasteiger partial charge on any atom is 0.261 e. The van der Waals surface area contributed by atoms with Crippen molar-refractivity contribution in [2.75, 3.05) is 13.6 Å². The molecule has 0 bridgehead atoms. The third kappa shape index (κ3) is 3.99. The average Bonchev–Trinajstić information content (AvgIpc) is 3.35. The number of rotatable bonds is 7. The molecule has 0 N–H and O–H groups in total. The highest BCUT2D eigenvalue weighted by Crippen LogP contribution is 2.25. The molecule has 0 unspecified atom stereocenters. The highest BCUT2D eigenvalue weighted by molar-refractivity contribution is 6.22. The SMILES string of the molecule is CCCCN1C(=O)c2ccc(C(=O)N(C)Cc3cnn(-c4ccccc4)c3)cc2C1=O. The van der Waals surface area contributed by atoms with E-state index in [1.165, 1.54) is 11.0 Å². The van der Waals surface area contributed by atoms with Crippen molar-refractivity contribution < 1.29 is 14.4 Å². The zero-order valence-electron chi connectivity index (χ0n) is 17.6. The number of imide groups is 1. The minimum Gasteiger partial charge on any atom is -0.337 e. The number of para-hydroxylation sites is 1. The first kappa shape index (κ1) is 20.5. The summed E-state index contributed by atoms with van der Waals surface area (Å²) >= 11 is 0. The molecule has 3 amide bonds. The van der Waals surface area contributed by atoms with Crippen LogP contribution in [-0.4, -0.2) is 50.9 Å². The Morgan fingerprint density at radius 2 is 1.77 bits per heavy atom. The van der Waals surface area contributed by atoms with Crippen molar-refractivity contribution in [3.8, 4) is 5.69 Å². The number of hydrogen-bond donors (Lipinski definition) is 0. The van der Waals surface area contributed by atoms with E-state index in [9.17, 15) is 14.4 Å². The summed E-state index contributed by atoms with van der Waals surface area (Å²) in [6.07, 6.45) is 5.27. The van der Waals surface area contributed by atoms with Gasteiger partial charge in [-0.1, -0.05) is 31.5 Å². The third-order valence-electron chi connectivity index (χ3n) is 5.38. The molecule has 0 saturated heterocycles. The van der Waals surface area contributed by atoms with E-state index in [1.807, 2.05) is 43.5 Å². The van der Waals surface area contributed by atoms with Crippen LogP contribution in [0.2, 0.25) is 0 Å². The summed E-state index contributed by atoms with van der Waals surface area (Å²) < 4.78 is 1.76. The van der Waals surface area contributed by atoms with E-state index in [1.54, 1.807) is 35.0 Å². The highest BCUT2D eigenvalue weighted by Gasteiger charge is 2.35. The van der Waals surface area contributed by atoms with Crippen LogP contribution < -0.4 is 0 Å². The molecule has 3 aromatic rings. The minimum absolute atomic E-state index is 0.220. The number of nitrogens with zero attached hydrogens (tertiary/aromatic N) is 4. The molecule has 0 radical (unpaired) electrons. The lowest BCUT2D eigenvalue weighted by Crippen LogP contribution is -2.30. The Morgan fingerprint density at radius 1 is 1.03 bits per heavy atom. The van der Waals surface area contributed by atoms with Crippen LogP contribution in [0.1, 0.15) is 56.4 Å². The molecule has 31 heavy (non-hydrogen) atoms. The van der Waals surface area contributed by atoms with E-state index in [2.05, 4.69) is 5.10 Å². The van der Waals surface area contributed by atoms with Gasteiger partial charge >= 0.3 is 0 Å². The summed E-state index contributed by atoms with van der Waals surface area (Å²) in [5.74, 6) is -0.827. The Morgan fingerprint density at radius 3 is 2.52 bits per heavy atom. The summed E-state index contributed by atoms with van der Waals surface area (Å²) in [5.41, 5.74) is 2.88. The van der Waals surface area contributed by atoms with Gasteiger partial charge in [0.05, 0.1) is 23.0 Å². The number of carbonyl (C=O) groups excluding carboxylic acids is 3. The Hall–Kier alpha value is -3.74. The molecule has 0 saturated carbocycles. The molecular weight excluding hydrogens is 392 g/mol. The van der Waals surface area contributed by atoms with E-state index >= 15 is 0 Å². The van der Waals surface area contributed by atoms with Gasteiger partial charge in [0, 0.05) is 37.5 Å². The van der Waals surface area contributed by atoms with Gasteiger partial charge in [0.2, 0.25) is 0 Å². The number of amides is 3. The van der Waals surface area contributed by atoms with Gasteiger partial charge in [-0.15, -0.1) is 0 Å². The van der Waals surface area contributed by atoms with Crippen molar-refractivity contribution >= 4 is 17.7 Å². The molecule has 2 heterocycles. The Bertz CT molecular complexity index is 1140. The summed E-state index contributed by atoms with van der Waals surface area (Å²) in [7, 11) is 1.70. The van der Waals surface area contributed by atoms with E-state index < -0.39 is 0 Å². The average molecular weight is 416 g/mol. The maximum absolute atomic E-state index is 13.0. The molecule has 0 aliphatic carbocycles. The number of unbranched alkanes of at least 4 members (excludes halogenated alkanes) is 1. The molecule has 0 fully saturated rings. The molecule has 1 aromatic heterocycles. The molecule has 158 valence electrons. The predicted octanol–water partition coefficient (Wildman–Crippen LogP) is 3.54. The second kappa shape index (κ2) is 8.55. The zero-order valence-corrected chi connectivity index (χ0v) is 17.6. The summed E-state index contributed by atoms with van der Waals surface area (Å²) in [5, 5.41) is 4.36. The van der Waals surface area contributed by atoms with E-state index in [0.29, 0.717) is 29.8 Å². The minimum atomic E-state index is -0.324. The van der Waals surface area contributed by atoms with Gasteiger partial charge in [-0.2, -0.15) is 5.10 Å². The largest absolute Gasteiger partial charge is 0.337 e. The van der Waals surface area contributed by atoms with Gasteiger partial charge in [0.25, 0.3) is 17.7 Å². The molecule has 4 rings (SSSR count). The zero-order chi connectivity index (χ0) is 22.0. The lowest BCUT2D eigenvalue weighted by molar-refractivity contribution is 0.0652. The van der Waals surface area contributed by atoms with Crippen molar-refractivity contribution in [2.45, 2.75) is 26.3 Å². The Labute approximate surface area is 180 Å². The fourth-order valence-corrected chi connectivity index (χ4v) is 3.67. The Balaban J connectivity index is 1.48. The quantitative estimate of drug-likeness (QED) is 0.552. The summed E-state index contributed by atoms with van der Waals surface area (Å²) in [6.45, 7) is 2.78. The molecule has 1 aliphatic heterocycles. The standard InChI is InChI=1S/C24H24N4O3/c1-3-4-12-27-23(30)20-11-10-18(13-21(20)24(27)31)22(29)26(2)15-17-14-25-28(16-17)19-8-6-5-7-9-19/h5-11,13-14,16H,3-4,12,15H2,1-2H3.